The number of hydrogen-bond donors (Lipinski definition) is 2. The Kier molecular flexibility index (Phi) is 4.73. The quantitative estimate of drug-likeness (QED) is 0.679. The molecule has 0 aromatic carbocycles. The molecule has 16 heavy (non-hydrogen) atoms. The van der Waals surface area contributed by atoms with E-state index in [0.717, 1.165) is 13.0 Å². The van der Waals surface area contributed by atoms with Crippen molar-refractivity contribution in [3.8, 4) is 0 Å². The lowest BCUT2D eigenvalue weighted by molar-refractivity contribution is -0.130. The Morgan fingerprint density at radius 2 is 2.25 bits per heavy atom. The van der Waals surface area contributed by atoms with Crippen LogP contribution in [0.5, 0.6) is 0 Å². The summed E-state index contributed by atoms with van der Waals surface area (Å²) in [4.78, 5) is 24.4. The van der Waals surface area contributed by atoms with Gasteiger partial charge in [-0.2, -0.15) is 0 Å². The Morgan fingerprint density at radius 1 is 1.56 bits per heavy atom. The number of likely N-dealkylation sites (tertiary alicyclic amines) is 1. The molecule has 1 saturated heterocycles. The molecule has 0 aliphatic carbocycles. The number of rotatable bonds is 5. The molecule has 0 saturated carbocycles. The van der Waals surface area contributed by atoms with Crippen molar-refractivity contribution in [3.63, 3.8) is 0 Å². The van der Waals surface area contributed by atoms with Gasteiger partial charge >= 0.3 is 0 Å². The van der Waals surface area contributed by atoms with E-state index in [9.17, 15) is 9.59 Å². The topological polar surface area (TPSA) is 61.4 Å². The van der Waals surface area contributed by atoms with Crippen LogP contribution in [0.4, 0.5) is 0 Å². The van der Waals surface area contributed by atoms with Crippen molar-refractivity contribution in [2.24, 2.45) is 0 Å². The minimum Gasteiger partial charge on any atom is -0.355 e. The van der Waals surface area contributed by atoms with Gasteiger partial charge in [-0.25, -0.2) is 0 Å². The largest absolute Gasteiger partial charge is 0.355 e. The van der Waals surface area contributed by atoms with E-state index in [1.165, 1.54) is 6.92 Å². The van der Waals surface area contributed by atoms with Crippen LogP contribution in [0.1, 0.15) is 27.2 Å². The van der Waals surface area contributed by atoms with E-state index in [1.54, 1.807) is 4.90 Å². The van der Waals surface area contributed by atoms with Crippen molar-refractivity contribution in [1.29, 1.82) is 0 Å². The zero-order valence-electron chi connectivity index (χ0n) is 10.2. The molecule has 1 aliphatic heterocycles. The second-order valence-electron chi connectivity index (χ2n) is 4.47. The van der Waals surface area contributed by atoms with E-state index in [2.05, 4.69) is 10.6 Å². The minimum atomic E-state index is -0.0523. The van der Waals surface area contributed by atoms with Gasteiger partial charge in [0.2, 0.25) is 11.8 Å². The Hall–Kier alpha value is -1.10. The predicted molar refractivity (Wildman–Crippen MR) is 61.9 cm³/mol. The maximum absolute atomic E-state index is 11.9. The summed E-state index contributed by atoms with van der Waals surface area (Å²) in [7, 11) is 0. The van der Waals surface area contributed by atoms with Gasteiger partial charge in [0.15, 0.2) is 0 Å². The van der Waals surface area contributed by atoms with E-state index in [4.69, 9.17) is 0 Å². The summed E-state index contributed by atoms with van der Waals surface area (Å²) >= 11 is 0. The van der Waals surface area contributed by atoms with Crippen molar-refractivity contribution in [2.45, 2.75) is 39.3 Å². The van der Waals surface area contributed by atoms with Gasteiger partial charge in [0.25, 0.3) is 0 Å². The Balaban J connectivity index is 2.30. The number of carbonyl (C=O) groups excluding carboxylic acids is 2. The maximum Gasteiger partial charge on any atom is 0.239 e. The fourth-order valence-corrected chi connectivity index (χ4v) is 1.88. The van der Waals surface area contributed by atoms with Crippen LogP contribution < -0.4 is 10.6 Å². The van der Waals surface area contributed by atoms with Gasteiger partial charge < -0.3 is 15.5 Å². The summed E-state index contributed by atoms with van der Waals surface area (Å²) in [6.07, 6.45) is 0.858. The second-order valence-corrected chi connectivity index (χ2v) is 4.47. The van der Waals surface area contributed by atoms with Gasteiger partial charge in [0.1, 0.15) is 0 Å². The lowest BCUT2D eigenvalue weighted by Gasteiger charge is -2.18. The van der Waals surface area contributed by atoms with Crippen LogP contribution in [0, 0.1) is 0 Å². The molecule has 0 spiro atoms. The number of carbonyl (C=O) groups is 2. The summed E-state index contributed by atoms with van der Waals surface area (Å²) in [6, 6.07) is 0.279. The van der Waals surface area contributed by atoms with Crippen molar-refractivity contribution >= 4 is 11.8 Å². The summed E-state index contributed by atoms with van der Waals surface area (Å²) in [5.74, 6) is 0.0996. The normalized spacial score (nSPS) is 20.6. The lowest BCUT2D eigenvalue weighted by Crippen LogP contribution is -2.43. The maximum atomic E-state index is 11.9. The summed E-state index contributed by atoms with van der Waals surface area (Å²) in [6.45, 7) is 7.47. The highest BCUT2D eigenvalue weighted by Crippen LogP contribution is 2.10. The lowest BCUT2D eigenvalue weighted by atomic mass is 10.2. The summed E-state index contributed by atoms with van der Waals surface area (Å²) in [5.41, 5.74) is 0. The Bertz CT molecular complexity index is 266. The number of nitrogens with one attached hydrogen (secondary N) is 2. The molecule has 1 rings (SSSR count). The molecule has 0 radical (unpaired) electrons. The predicted octanol–water partition coefficient (Wildman–Crippen LogP) is -0.279. The summed E-state index contributed by atoms with van der Waals surface area (Å²) < 4.78 is 0. The molecule has 1 aliphatic rings. The van der Waals surface area contributed by atoms with E-state index >= 15 is 0 Å². The minimum absolute atomic E-state index is 0.0441. The molecule has 2 N–H and O–H groups in total. The molecule has 1 heterocycles. The molecular formula is C11H21N3O2. The smallest absolute Gasteiger partial charge is 0.239 e. The molecule has 2 amide bonds. The molecule has 92 valence electrons. The van der Waals surface area contributed by atoms with Crippen LogP contribution >= 0.6 is 0 Å². The van der Waals surface area contributed by atoms with Crippen molar-refractivity contribution in [2.75, 3.05) is 19.6 Å². The first kappa shape index (κ1) is 13.0. The highest BCUT2D eigenvalue weighted by molar-refractivity contribution is 5.84. The van der Waals surface area contributed by atoms with Gasteiger partial charge in [-0.05, 0) is 6.42 Å². The third-order valence-corrected chi connectivity index (χ3v) is 2.59. The third kappa shape index (κ3) is 3.81. The highest BCUT2D eigenvalue weighted by Gasteiger charge is 2.31. The molecule has 5 nitrogen and oxygen atoms in total. The molecular weight excluding hydrogens is 206 g/mol. The molecule has 1 unspecified atom stereocenters. The average Bonchev–Trinajstić information content (AvgIpc) is 2.48. The van der Waals surface area contributed by atoms with Crippen LogP contribution in [0.25, 0.3) is 0 Å². The van der Waals surface area contributed by atoms with Crippen molar-refractivity contribution in [1.82, 2.24) is 15.5 Å². The first-order chi connectivity index (χ1) is 7.50. The molecule has 1 fully saturated rings. The molecule has 1 atom stereocenters. The monoisotopic (exact) mass is 227 g/mol. The van der Waals surface area contributed by atoms with E-state index < -0.39 is 0 Å². The van der Waals surface area contributed by atoms with Crippen LogP contribution in [-0.4, -0.2) is 48.4 Å². The second kappa shape index (κ2) is 5.84. The SMILES string of the molecule is CC(=O)NCCN1CCC(NC(C)C)C1=O. The first-order valence-electron chi connectivity index (χ1n) is 5.80. The third-order valence-electron chi connectivity index (χ3n) is 2.59. The van der Waals surface area contributed by atoms with E-state index in [-0.39, 0.29) is 17.9 Å². The number of nitrogens with zero attached hydrogens (tertiary/aromatic N) is 1. The Labute approximate surface area is 96.6 Å². The zero-order valence-corrected chi connectivity index (χ0v) is 10.2. The molecule has 0 aromatic rings. The number of hydrogen-bond acceptors (Lipinski definition) is 3. The van der Waals surface area contributed by atoms with E-state index in [1.807, 2.05) is 13.8 Å². The average molecular weight is 227 g/mol. The first-order valence-corrected chi connectivity index (χ1v) is 5.80. The molecule has 5 heteroatoms. The summed E-state index contributed by atoms with van der Waals surface area (Å²) in [5, 5.41) is 5.94. The standard InChI is InChI=1S/C11H21N3O2/c1-8(2)13-10-4-6-14(11(10)16)7-5-12-9(3)15/h8,10,13H,4-7H2,1-3H3,(H,12,15). The van der Waals surface area contributed by atoms with E-state index in [0.29, 0.717) is 19.1 Å². The zero-order chi connectivity index (χ0) is 12.1. The Morgan fingerprint density at radius 3 is 2.81 bits per heavy atom. The van der Waals surface area contributed by atoms with Crippen LogP contribution in [-0.2, 0) is 9.59 Å². The van der Waals surface area contributed by atoms with Crippen LogP contribution in [0.2, 0.25) is 0 Å². The van der Waals surface area contributed by atoms with Crippen molar-refractivity contribution < 1.29 is 9.59 Å². The highest BCUT2D eigenvalue weighted by atomic mass is 16.2. The van der Waals surface area contributed by atoms with Gasteiger partial charge in [0, 0.05) is 32.6 Å². The van der Waals surface area contributed by atoms with Gasteiger partial charge in [-0.1, -0.05) is 13.8 Å². The van der Waals surface area contributed by atoms with Crippen LogP contribution in [0.15, 0.2) is 0 Å². The van der Waals surface area contributed by atoms with Gasteiger partial charge in [-0.15, -0.1) is 0 Å². The van der Waals surface area contributed by atoms with Crippen LogP contribution in [0.3, 0.4) is 0 Å². The number of amides is 2. The molecule has 0 aromatic heterocycles. The molecule has 0 bridgehead atoms. The van der Waals surface area contributed by atoms with Gasteiger partial charge in [0.05, 0.1) is 6.04 Å². The van der Waals surface area contributed by atoms with Crippen molar-refractivity contribution in [3.05, 3.63) is 0 Å². The fraction of sp³-hybridized carbons (Fsp3) is 0.818. The van der Waals surface area contributed by atoms with Gasteiger partial charge in [-0.3, -0.25) is 9.59 Å². The fourth-order valence-electron chi connectivity index (χ4n) is 1.88.